The average Bonchev–Trinajstić information content (AvgIpc) is 3.32. The monoisotopic (exact) mass is 427 g/mol. The second kappa shape index (κ2) is 10.9. The second-order valence-corrected chi connectivity index (χ2v) is 8.78. The molecular weight excluding hydrogens is 394 g/mol. The predicted molar refractivity (Wildman–Crippen MR) is 133 cm³/mol. The number of anilines is 1. The highest BCUT2D eigenvalue weighted by molar-refractivity contribution is 5.87. The van der Waals surface area contributed by atoms with Gasteiger partial charge >= 0.3 is 0 Å². The zero-order valence-corrected chi connectivity index (χ0v) is 19.1. The number of nitrogens with one attached hydrogen (secondary N) is 2. The Kier molecular flexibility index (Phi) is 7.49. The van der Waals surface area contributed by atoms with Crippen molar-refractivity contribution in [1.29, 1.82) is 0 Å². The van der Waals surface area contributed by atoms with Crippen molar-refractivity contribution in [2.75, 3.05) is 25.0 Å². The fraction of sp³-hybridized carbons (Fsp3) is 0.370. The Hall–Kier alpha value is -3.21. The van der Waals surface area contributed by atoms with Crippen LogP contribution in [0.25, 0.3) is 11.3 Å². The molecule has 0 unspecified atom stereocenters. The predicted octanol–water partition coefficient (Wildman–Crippen LogP) is 4.93. The molecule has 0 spiro atoms. The molecule has 5 nitrogen and oxygen atoms in total. The standard InChI is InChI=1S/C27H33N5/c1-20(2)17-26-31-24(10-6-9-21-7-4-3-5-8-21)18-25(32-26)22-11-13-23(14-12-22)30-19-27-28-15-16-29-27/h3-5,7-8,11-14,18,20,30H,6,9-10,15-17,19H2,1-2H3,(H,28,29). The lowest BCUT2D eigenvalue weighted by atomic mass is 10.0. The van der Waals surface area contributed by atoms with Gasteiger partial charge in [-0.05, 0) is 48.9 Å². The van der Waals surface area contributed by atoms with Crippen molar-refractivity contribution in [3.8, 4) is 11.3 Å². The third-order valence-electron chi connectivity index (χ3n) is 5.54. The van der Waals surface area contributed by atoms with E-state index in [4.69, 9.17) is 9.97 Å². The summed E-state index contributed by atoms with van der Waals surface area (Å²) in [6, 6.07) is 21.3. The van der Waals surface area contributed by atoms with Crippen LogP contribution in [0.15, 0.2) is 65.7 Å². The molecule has 0 aliphatic carbocycles. The quantitative estimate of drug-likeness (QED) is 0.482. The fourth-order valence-corrected chi connectivity index (χ4v) is 3.91. The van der Waals surface area contributed by atoms with Gasteiger partial charge in [-0.3, -0.25) is 4.99 Å². The van der Waals surface area contributed by atoms with Gasteiger partial charge < -0.3 is 10.6 Å². The van der Waals surface area contributed by atoms with E-state index in [-0.39, 0.29) is 0 Å². The number of aliphatic imine (C=N–C) groups is 1. The first kappa shape index (κ1) is 22.0. The van der Waals surface area contributed by atoms with E-state index in [1.165, 1.54) is 5.56 Å². The Morgan fingerprint density at radius 3 is 2.50 bits per heavy atom. The van der Waals surface area contributed by atoms with Crippen LogP contribution in [-0.4, -0.2) is 35.4 Å². The number of hydrogen-bond donors (Lipinski definition) is 2. The molecule has 0 atom stereocenters. The van der Waals surface area contributed by atoms with E-state index in [1.807, 2.05) is 0 Å². The van der Waals surface area contributed by atoms with Crippen molar-refractivity contribution >= 4 is 11.5 Å². The highest BCUT2D eigenvalue weighted by Gasteiger charge is 2.10. The van der Waals surface area contributed by atoms with Crippen LogP contribution in [0.4, 0.5) is 5.69 Å². The first-order valence-electron chi connectivity index (χ1n) is 11.7. The summed E-state index contributed by atoms with van der Waals surface area (Å²) in [6.45, 7) is 6.98. The summed E-state index contributed by atoms with van der Waals surface area (Å²) in [5.74, 6) is 2.50. The molecule has 0 radical (unpaired) electrons. The summed E-state index contributed by atoms with van der Waals surface area (Å²) >= 11 is 0. The third-order valence-corrected chi connectivity index (χ3v) is 5.54. The van der Waals surface area contributed by atoms with E-state index in [0.29, 0.717) is 5.92 Å². The first-order chi connectivity index (χ1) is 15.7. The smallest absolute Gasteiger partial charge is 0.129 e. The molecule has 2 aromatic carbocycles. The summed E-state index contributed by atoms with van der Waals surface area (Å²) in [4.78, 5) is 14.2. The van der Waals surface area contributed by atoms with Gasteiger partial charge in [0.15, 0.2) is 0 Å². The highest BCUT2D eigenvalue weighted by atomic mass is 15.1. The molecule has 1 aliphatic heterocycles. The van der Waals surface area contributed by atoms with Gasteiger partial charge in [0.05, 0.1) is 18.8 Å². The largest absolute Gasteiger partial charge is 0.378 e. The van der Waals surface area contributed by atoms with Crippen LogP contribution < -0.4 is 10.6 Å². The number of hydrogen-bond acceptors (Lipinski definition) is 5. The van der Waals surface area contributed by atoms with E-state index >= 15 is 0 Å². The summed E-state index contributed by atoms with van der Waals surface area (Å²) in [6.07, 6.45) is 4.01. The highest BCUT2D eigenvalue weighted by Crippen LogP contribution is 2.22. The molecule has 0 saturated carbocycles. The minimum Gasteiger partial charge on any atom is -0.378 e. The lowest BCUT2D eigenvalue weighted by Gasteiger charge is -2.11. The van der Waals surface area contributed by atoms with Crippen molar-refractivity contribution in [1.82, 2.24) is 15.3 Å². The second-order valence-electron chi connectivity index (χ2n) is 8.78. The Morgan fingerprint density at radius 1 is 0.969 bits per heavy atom. The molecule has 0 fully saturated rings. The maximum atomic E-state index is 4.89. The topological polar surface area (TPSA) is 62.2 Å². The molecule has 2 heterocycles. The minimum absolute atomic E-state index is 0.529. The number of benzene rings is 2. The van der Waals surface area contributed by atoms with Gasteiger partial charge in [-0.15, -0.1) is 0 Å². The molecular formula is C27H33N5. The molecule has 1 aromatic heterocycles. The molecule has 3 aromatic rings. The Morgan fingerprint density at radius 2 is 1.78 bits per heavy atom. The van der Waals surface area contributed by atoms with Crippen molar-refractivity contribution < 1.29 is 0 Å². The van der Waals surface area contributed by atoms with Crippen LogP contribution in [0.3, 0.4) is 0 Å². The van der Waals surface area contributed by atoms with Crippen LogP contribution in [0, 0.1) is 5.92 Å². The number of nitrogens with zero attached hydrogens (tertiary/aromatic N) is 3. The van der Waals surface area contributed by atoms with Crippen LogP contribution in [0.1, 0.15) is 37.4 Å². The SMILES string of the molecule is CC(C)Cc1nc(CCCc2ccccc2)cc(-c2ccc(NCC3=NCCN3)cc2)n1. The molecule has 0 amide bonds. The molecule has 4 rings (SSSR count). The number of rotatable bonds is 10. The van der Waals surface area contributed by atoms with Gasteiger partial charge in [0.25, 0.3) is 0 Å². The van der Waals surface area contributed by atoms with Gasteiger partial charge in [-0.25, -0.2) is 9.97 Å². The van der Waals surface area contributed by atoms with Crippen LogP contribution >= 0.6 is 0 Å². The summed E-state index contributed by atoms with van der Waals surface area (Å²) in [5.41, 5.74) is 5.74. The molecule has 32 heavy (non-hydrogen) atoms. The van der Waals surface area contributed by atoms with Crippen molar-refractivity contribution in [2.24, 2.45) is 10.9 Å². The lowest BCUT2D eigenvalue weighted by molar-refractivity contribution is 0.616. The molecule has 5 heteroatoms. The molecule has 2 N–H and O–H groups in total. The summed E-state index contributed by atoms with van der Waals surface area (Å²) in [5, 5.41) is 6.72. The maximum absolute atomic E-state index is 4.89. The normalized spacial score (nSPS) is 13.2. The zero-order chi connectivity index (χ0) is 22.2. The number of amidine groups is 1. The van der Waals surface area contributed by atoms with Crippen molar-refractivity contribution in [3.05, 3.63) is 77.7 Å². The van der Waals surface area contributed by atoms with Gasteiger partial charge in [0.2, 0.25) is 0 Å². The Balaban J connectivity index is 1.45. The van der Waals surface area contributed by atoms with E-state index in [9.17, 15) is 0 Å². The summed E-state index contributed by atoms with van der Waals surface area (Å²) in [7, 11) is 0. The van der Waals surface area contributed by atoms with Gasteiger partial charge in [-0.1, -0.05) is 56.3 Å². The van der Waals surface area contributed by atoms with Gasteiger partial charge in [0.1, 0.15) is 11.7 Å². The van der Waals surface area contributed by atoms with Crippen molar-refractivity contribution in [3.63, 3.8) is 0 Å². The fourth-order valence-electron chi connectivity index (χ4n) is 3.91. The summed E-state index contributed by atoms with van der Waals surface area (Å²) < 4.78 is 0. The lowest BCUT2D eigenvalue weighted by Crippen LogP contribution is -2.26. The maximum Gasteiger partial charge on any atom is 0.129 e. The number of aromatic nitrogens is 2. The molecule has 0 saturated heterocycles. The van der Waals surface area contributed by atoms with Crippen LogP contribution in [0.2, 0.25) is 0 Å². The van der Waals surface area contributed by atoms with Crippen LogP contribution in [0.5, 0.6) is 0 Å². The van der Waals surface area contributed by atoms with E-state index in [2.05, 4.69) is 90.1 Å². The first-order valence-corrected chi connectivity index (χ1v) is 11.7. The van der Waals surface area contributed by atoms with Crippen molar-refractivity contribution in [2.45, 2.75) is 39.5 Å². The van der Waals surface area contributed by atoms with Crippen LogP contribution in [-0.2, 0) is 19.3 Å². The van der Waals surface area contributed by atoms with E-state index in [0.717, 1.165) is 79.6 Å². The number of aryl methyl sites for hydroxylation is 2. The van der Waals surface area contributed by atoms with Gasteiger partial charge in [0, 0.05) is 29.9 Å². The van der Waals surface area contributed by atoms with E-state index in [1.54, 1.807) is 0 Å². The minimum atomic E-state index is 0.529. The average molecular weight is 428 g/mol. The third kappa shape index (κ3) is 6.39. The molecule has 166 valence electrons. The molecule has 1 aliphatic rings. The van der Waals surface area contributed by atoms with Gasteiger partial charge in [-0.2, -0.15) is 0 Å². The Labute approximate surface area is 191 Å². The Bertz CT molecular complexity index is 1030. The molecule has 0 bridgehead atoms. The van der Waals surface area contributed by atoms with E-state index < -0.39 is 0 Å². The zero-order valence-electron chi connectivity index (χ0n) is 19.1.